The van der Waals surface area contributed by atoms with E-state index in [1.807, 2.05) is 0 Å². The number of carbonyl (C=O) groups excluding carboxylic acids is 1. The van der Waals surface area contributed by atoms with Gasteiger partial charge in [0.2, 0.25) is 8.32 Å². The molecule has 0 atom stereocenters. The van der Waals surface area contributed by atoms with E-state index in [0.717, 1.165) is 19.4 Å². The summed E-state index contributed by atoms with van der Waals surface area (Å²) < 4.78 is 8.26. The average Bonchev–Trinajstić information content (AvgIpc) is 2.09. The molecule has 0 aromatic heterocycles. The van der Waals surface area contributed by atoms with Gasteiger partial charge in [0.1, 0.15) is 16.5 Å². The number of rotatable bonds is 8. The summed E-state index contributed by atoms with van der Waals surface area (Å²) in [5.41, 5.74) is 0. The molecule has 20 heavy (non-hydrogen) atoms. The van der Waals surface area contributed by atoms with Crippen molar-refractivity contribution in [3.63, 3.8) is 0 Å². The molecule has 0 aliphatic carbocycles. The fraction of sp³-hybridized carbons (Fsp3) is 0.929. The second kappa shape index (κ2) is 7.38. The first-order valence-corrected chi connectivity index (χ1v) is 18.0. The lowest BCUT2D eigenvalue weighted by atomic mass is 10.2. The highest BCUT2D eigenvalue weighted by Gasteiger charge is 2.33. The number of hydrogen-bond donors (Lipinski definition) is 0. The van der Waals surface area contributed by atoms with Crippen LogP contribution in [-0.2, 0) is 9.22 Å². The molecule has 3 nitrogen and oxygen atoms in total. The van der Waals surface area contributed by atoms with E-state index in [9.17, 15) is 4.79 Å². The second-order valence-electron chi connectivity index (χ2n) is 8.54. The highest BCUT2D eigenvalue weighted by molar-refractivity contribution is 6.89. The summed E-state index contributed by atoms with van der Waals surface area (Å²) in [6.45, 7) is 21.8. The molecule has 0 aromatic carbocycles. The minimum absolute atomic E-state index is 0.00303. The first-order valence-electron chi connectivity index (χ1n) is 7.73. The predicted octanol–water partition coefficient (Wildman–Crippen LogP) is 4.51. The molecule has 0 fully saturated rings. The summed E-state index contributed by atoms with van der Waals surface area (Å²) in [5.74, 6) is -0.00303. The topological polar surface area (TPSA) is 29.5 Å². The third-order valence-corrected chi connectivity index (χ3v) is 11.6. The molecule has 120 valence electrons. The molecule has 0 aliphatic rings. The number of carbonyl (C=O) groups is 1. The van der Waals surface area contributed by atoms with Crippen LogP contribution in [0.5, 0.6) is 0 Å². The molecule has 0 amide bonds. The quantitative estimate of drug-likeness (QED) is 0.483. The molecule has 0 spiro atoms. The highest BCUT2D eigenvalue weighted by Crippen LogP contribution is 2.20. The first kappa shape index (κ1) is 20.1. The summed E-state index contributed by atoms with van der Waals surface area (Å²) in [7, 11) is -4.21. The van der Waals surface area contributed by atoms with E-state index in [1.54, 1.807) is 0 Å². The Morgan fingerprint density at radius 3 is 1.65 bits per heavy atom. The van der Waals surface area contributed by atoms with Crippen molar-refractivity contribution in [2.24, 2.45) is 0 Å². The van der Waals surface area contributed by atoms with Crippen LogP contribution in [0.1, 0.15) is 19.3 Å². The van der Waals surface area contributed by atoms with Crippen molar-refractivity contribution in [2.45, 2.75) is 78.2 Å². The minimum Gasteiger partial charge on any atom is -0.520 e. The molecule has 0 bridgehead atoms. The summed E-state index contributed by atoms with van der Waals surface area (Å²) >= 11 is 0. The highest BCUT2D eigenvalue weighted by atomic mass is 28.4. The Hall–Kier alpha value is 0.0806. The Bertz CT molecular complexity index is 300. The fourth-order valence-electron chi connectivity index (χ4n) is 2.61. The normalized spacial score (nSPS) is 13.7. The third-order valence-electron chi connectivity index (χ3n) is 3.05. The van der Waals surface area contributed by atoms with E-state index in [1.165, 1.54) is 0 Å². The van der Waals surface area contributed by atoms with Gasteiger partial charge in [0, 0.05) is 6.42 Å². The maximum absolute atomic E-state index is 11.7. The molecule has 0 radical (unpaired) electrons. The standard InChI is InChI=1S/C14H35NO2Si3/c1-18(2,3)15(19(4,5)6)13-11-10-12-14(16)17-20(7,8)9/h10-13H2,1-9H3. The van der Waals surface area contributed by atoms with Gasteiger partial charge in [-0.2, -0.15) is 0 Å². The molecule has 0 saturated heterocycles. The zero-order valence-corrected chi connectivity index (χ0v) is 18.1. The van der Waals surface area contributed by atoms with Gasteiger partial charge >= 0.3 is 0 Å². The zero-order chi connectivity index (χ0) is 16.2. The molecule has 0 unspecified atom stereocenters. The Morgan fingerprint density at radius 1 is 0.850 bits per heavy atom. The molecule has 0 heterocycles. The van der Waals surface area contributed by atoms with Crippen LogP contribution < -0.4 is 0 Å². The van der Waals surface area contributed by atoms with Crippen LogP contribution >= 0.6 is 0 Å². The van der Waals surface area contributed by atoms with E-state index in [-0.39, 0.29) is 5.97 Å². The predicted molar refractivity (Wildman–Crippen MR) is 96.7 cm³/mol. The van der Waals surface area contributed by atoms with Crippen LogP contribution in [-0.4, -0.2) is 41.5 Å². The summed E-state index contributed by atoms with van der Waals surface area (Å²) in [6, 6.07) is 0. The van der Waals surface area contributed by atoms with Gasteiger partial charge in [-0.3, -0.25) is 4.79 Å². The number of nitrogens with zero attached hydrogens (tertiary/aromatic N) is 1. The van der Waals surface area contributed by atoms with Gasteiger partial charge < -0.3 is 8.66 Å². The van der Waals surface area contributed by atoms with Crippen molar-refractivity contribution in [1.29, 1.82) is 0 Å². The van der Waals surface area contributed by atoms with E-state index < -0.39 is 24.8 Å². The van der Waals surface area contributed by atoms with E-state index in [2.05, 4.69) is 63.2 Å². The van der Waals surface area contributed by atoms with Gasteiger partial charge in [-0.1, -0.05) is 39.3 Å². The largest absolute Gasteiger partial charge is 0.520 e. The molecule has 0 aliphatic heterocycles. The molecular formula is C14H35NO2Si3. The SMILES string of the molecule is C[Si](C)(C)OC(=O)CCCCN([Si](C)(C)C)[Si](C)(C)C. The van der Waals surface area contributed by atoms with Gasteiger partial charge in [-0.15, -0.1) is 0 Å². The first-order chi connectivity index (χ1) is 8.73. The van der Waals surface area contributed by atoms with Crippen LogP contribution in [0.25, 0.3) is 0 Å². The zero-order valence-electron chi connectivity index (χ0n) is 15.1. The van der Waals surface area contributed by atoms with Crippen LogP contribution in [0.4, 0.5) is 0 Å². The minimum atomic E-state index is -1.71. The van der Waals surface area contributed by atoms with Gasteiger partial charge in [0.05, 0.1) is 0 Å². The van der Waals surface area contributed by atoms with Gasteiger partial charge in [-0.25, -0.2) is 0 Å². The lowest BCUT2D eigenvalue weighted by Gasteiger charge is -2.43. The third kappa shape index (κ3) is 9.10. The van der Waals surface area contributed by atoms with Crippen molar-refractivity contribution in [3.8, 4) is 0 Å². The molecule has 0 rings (SSSR count). The molecule has 0 saturated carbocycles. The van der Waals surface area contributed by atoms with Gasteiger partial charge in [-0.05, 0) is 39.0 Å². The van der Waals surface area contributed by atoms with Gasteiger partial charge in [0.15, 0.2) is 0 Å². The maximum atomic E-state index is 11.7. The second-order valence-corrected chi connectivity index (χ2v) is 23.2. The molecule has 0 aromatic rings. The van der Waals surface area contributed by atoms with Crippen molar-refractivity contribution in [2.75, 3.05) is 6.54 Å². The van der Waals surface area contributed by atoms with Crippen molar-refractivity contribution in [1.82, 2.24) is 4.23 Å². The lowest BCUT2D eigenvalue weighted by Crippen LogP contribution is -2.59. The van der Waals surface area contributed by atoms with Crippen molar-refractivity contribution in [3.05, 3.63) is 0 Å². The molecule has 6 heteroatoms. The van der Waals surface area contributed by atoms with Crippen LogP contribution in [0.2, 0.25) is 58.9 Å². The molecule has 0 N–H and O–H groups in total. The van der Waals surface area contributed by atoms with Crippen LogP contribution in [0.3, 0.4) is 0 Å². The maximum Gasteiger partial charge on any atom is 0.292 e. The fourth-order valence-corrected chi connectivity index (χ4v) is 13.1. The van der Waals surface area contributed by atoms with Gasteiger partial charge in [0.25, 0.3) is 5.97 Å². The Labute approximate surface area is 129 Å². The number of hydrogen-bond acceptors (Lipinski definition) is 3. The van der Waals surface area contributed by atoms with E-state index >= 15 is 0 Å². The Kier molecular flexibility index (Phi) is 7.41. The summed E-state index contributed by atoms with van der Waals surface area (Å²) in [4.78, 5) is 11.7. The van der Waals surface area contributed by atoms with Crippen LogP contribution in [0, 0.1) is 0 Å². The summed E-state index contributed by atoms with van der Waals surface area (Å²) in [6.07, 6.45) is 2.64. The lowest BCUT2D eigenvalue weighted by molar-refractivity contribution is -0.135. The molecular weight excluding hydrogens is 298 g/mol. The smallest absolute Gasteiger partial charge is 0.292 e. The monoisotopic (exact) mass is 333 g/mol. The van der Waals surface area contributed by atoms with Crippen molar-refractivity contribution >= 4 is 30.8 Å². The van der Waals surface area contributed by atoms with E-state index in [4.69, 9.17) is 4.43 Å². The van der Waals surface area contributed by atoms with Crippen molar-refractivity contribution < 1.29 is 9.22 Å². The van der Waals surface area contributed by atoms with E-state index in [0.29, 0.717) is 6.42 Å². The average molecular weight is 334 g/mol. The Balaban J connectivity index is 4.19. The summed E-state index contributed by atoms with van der Waals surface area (Å²) in [5, 5.41) is 0. The van der Waals surface area contributed by atoms with Crippen LogP contribution in [0.15, 0.2) is 0 Å². The number of unbranched alkanes of at least 4 members (excludes halogenated alkanes) is 1. The Morgan fingerprint density at radius 2 is 1.30 bits per heavy atom.